The van der Waals surface area contributed by atoms with Crippen molar-refractivity contribution in [1.29, 1.82) is 0 Å². The number of rotatable bonds is 4. The number of thioether (sulfide) groups is 1. The molecule has 0 saturated heterocycles. The molecule has 0 unspecified atom stereocenters. The molecule has 1 saturated carbocycles. The topological polar surface area (TPSA) is 55.2 Å². The minimum atomic E-state index is -0.338. The van der Waals surface area contributed by atoms with Gasteiger partial charge < -0.3 is 5.32 Å². The Morgan fingerprint density at radius 1 is 1.37 bits per heavy atom. The van der Waals surface area contributed by atoms with Crippen molar-refractivity contribution in [1.82, 2.24) is 0 Å². The van der Waals surface area contributed by atoms with E-state index in [9.17, 15) is 10.1 Å². The van der Waals surface area contributed by atoms with Crippen LogP contribution in [0, 0.1) is 13.7 Å². The van der Waals surface area contributed by atoms with Gasteiger partial charge in [0, 0.05) is 23.0 Å². The predicted molar refractivity (Wildman–Crippen MR) is 89.0 cm³/mol. The number of nitro groups is 1. The SMILES string of the molecule is CSC1CCC(Nc2ccc([N+](=O)[O-])c(I)c2)CC1. The highest BCUT2D eigenvalue weighted by molar-refractivity contribution is 14.1. The van der Waals surface area contributed by atoms with Gasteiger partial charge in [0.1, 0.15) is 0 Å². The zero-order valence-electron chi connectivity index (χ0n) is 10.8. The molecule has 0 aromatic heterocycles. The van der Waals surface area contributed by atoms with Crippen LogP contribution < -0.4 is 5.32 Å². The maximum atomic E-state index is 10.8. The summed E-state index contributed by atoms with van der Waals surface area (Å²) in [5, 5.41) is 15.1. The van der Waals surface area contributed by atoms with E-state index in [1.807, 2.05) is 40.4 Å². The van der Waals surface area contributed by atoms with E-state index >= 15 is 0 Å². The van der Waals surface area contributed by atoms with Crippen LogP contribution in [-0.4, -0.2) is 22.5 Å². The van der Waals surface area contributed by atoms with Crippen LogP contribution in [0.1, 0.15) is 25.7 Å². The molecule has 1 aromatic carbocycles. The Kier molecular flexibility index (Phi) is 5.32. The Balaban J connectivity index is 1.97. The average Bonchev–Trinajstić information content (AvgIpc) is 2.39. The van der Waals surface area contributed by atoms with Gasteiger partial charge in [-0.05, 0) is 66.7 Å². The number of halogens is 1. The lowest BCUT2D eigenvalue weighted by atomic mass is 9.95. The van der Waals surface area contributed by atoms with Gasteiger partial charge in [-0.2, -0.15) is 11.8 Å². The van der Waals surface area contributed by atoms with Crippen LogP contribution in [0.2, 0.25) is 0 Å². The molecule has 1 aromatic rings. The molecule has 104 valence electrons. The van der Waals surface area contributed by atoms with Gasteiger partial charge in [0.15, 0.2) is 0 Å². The molecule has 0 spiro atoms. The largest absolute Gasteiger partial charge is 0.382 e. The molecule has 1 N–H and O–H groups in total. The lowest BCUT2D eigenvalue weighted by Gasteiger charge is -2.28. The summed E-state index contributed by atoms with van der Waals surface area (Å²) >= 11 is 3.98. The zero-order chi connectivity index (χ0) is 13.8. The molecule has 1 aliphatic carbocycles. The van der Waals surface area contributed by atoms with Crippen LogP contribution in [0.3, 0.4) is 0 Å². The lowest BCUT2D eigenvalue weighted by Crippen LogP contribution is -2.27. The first-order valence-electron chi connectivity index (χ1n) is 6.33. The summed E-state index contributed by atoms with van der Waals surface area (Å²) in [5.74, 6) is 0. The second kappa shape index (κ2) is 6.78. The molecule has 0 amide bonds. The quantitative estimate of drug-likeness (QED) is 0.472. The van der Waals surface area contributed by atoms with E-state index in [2.05, 4.69) is 11.6 Å². The maximum absolute atomic E-state index is 10.8. The minimum Gasteiger partial charge on any atom is -0.382 e. The fourth-order valence-corrected chi connectivity index (χ4v) is 3.88. The van der Waals surface area contributed by atoms with E-state index < -0.39 is 0 Å². The molecule has 0 aliphatic heterocycles. The summed E-state index contributed by atoms with van der Waals surface area (Å²) in [6.45, 7) is 0. The van der Waals surface area contributed by atoms with Crippen LogP contribution in [0.25, 0.3) is 0 Å². The van der Waals surface area contributed by atoms with Gasteiger partial charge in [-0.1, -0.05) is 0 Å². The summed E-state index contributed by atoms with van der Waals surface area (Å²) in [7, 11) is 0. The molecule has 1 fully saturated rings. The van der Waals surface area contributed by atoms with Gasteiger partial charge in [0.05, 0.1) is 8.49 Å². The summed E-state index contributed by atoms with van der Waals surface area (Å²) in [6.07, 6.45) is 7.04. The summed E-state index contributed by atoms with van der Waals surface area (Å²) < 4.78 is 0.686. The molecule has 19 heavy (non-hydrogen) atoms. The Bertz CT molecular complexity index is 462. The number of hydrogen-bond donors (Lipinski definition) is 1. The first kappa shape index (κ1) is 14.9. The summed E-state index contributed by atoms with van der Waals surface area (Å²) in [5.41, 5.74) is 1.17. The Hall–Kier alpha value is -0.500. The minimum absolute atomic E-state index is 0.178. The number of benzene rings is 1. The highest BCUT2D eigenvalue weighted by Gasteiger charge is 2.20. The molecule has 2 rings (SSSR count). The van der Waals surface area contributed by atoms with Crippen molar-refractivity contribution in [3.05, 3.63) is 31.9 Å². The van der Waals surface area contributed by atoms with Crippen LogP contribution in [0.15, 0.2) is 18.2 Å². The van der Waals surface area contributed by atoms with Crippen LogP contribution in [0.5, 0.6) is 0 Å². The number of hydrogen-bond acceptors (Lipinski definition) is 4. The standard InChI is InChI=1S/C13H17IN2O2S/c1-19-11-5-2-9(3-6-11)15-10-4-7-13(16(17)18)12(14)8-10/h4,7-9,11,15H,2-3,5-6H2,1H3. The summed E-state index contributed by atoms with van der Waals surface area (Å²) in [6, 6.07) is 5.75. The average molecular weight is 392 g/mol. The van der Waals surface area contributed by atoms with Crippen molar-refractivity contribution in [3.8, 4) is 0 Å². The van der Waals surface area contributed by atoms with E-state index in [4.69, 9.17) is 0 Å². The third kappa shape index (κ3) is 3.98. The second-order valence-electron chi connectivity index (χ2n) is 4.78. The smallest absolute Gasteiger partial charge is 0.282 e. The van der Waals surface area contributed by atoms with Gasteiger partial charge >= 0.3 is 0 Å². The van der Waals surface area contributed by atoms with Crippen molar-refractivity contribution in [2.45, 2.75) is 37.0 Å². The van der Waals surface area contributed by atoms with E-state index in [1.165, 1.54) is 25.7 Å². The molecule has 0 atom stereocenters. The fourth-order valence-electron chi connectivity index (χ4n) is 2.42. The Morgan fingerprint density at radius 2 is 2.05 bits per heavy atom. The molecule has 4 nitrogen and oxygen atoms in total. The molecule has 0 bridgehead atoms. The molecule has 6 heteroatoms. The van der Waals surface area contributed by atoms with Crippen molar-refractivity contribution >= 4 is 45.7 Å². The van der Waals surface area contributed by atoms with Crippen LogP contribution >= 0.6 is 34.4 Å². The predicted octanol–water partition coefficient (Wildman–Crippen LogP) is 4.29. The second-order valence-corrected chi connectivity index (χ2v) is 7.08. The third-order valence-electron chi connectivity index (χ3n) is 3.52. The Labute approximate surface area is 131 Å². The lowest BCUT2D eigenvalue weighted by molar-refractivity contribution is -0.385. The monoisotopic (exact) mass is 392 g/mol. The number of nitrogens with one attached hydrogen (secondary N) is 1. The van der Waals surface area contributed by atoms with Gasteiger partial charge in [-0.3, -0.25) is 10.1 Å². The van der Waals surface area contributed by atoms with E-state index in [-0.39, 0.29) is 10.6 Å². The van der Waals surface area contributed by atoms with Gasteiger partial charge in [-0.15, -0.1) is 0 Å². The first-order valence-corrected chi connectivity index (χ1v) is 8.70. The molecular weight excluding hydrogens is 375 g/mol. The molecule has 0 radical (unpaired) electrons. The zero-order valence-corrected chi connectivity index (χ0v) is 13.7. The van der Waals surface area contributed by atoms with E-state index in [0.717, 1.165) is 10.9 Å². The first-order chi connectivity index (χ1) is 9.10. The van der Waals surface area contributed by atoms with Crippen molar-refractivity contribution in [2.24, 2.45) is 0 Å². The molecule has 1 aliphatic rings. The van der Waals surface area contributed by atoms with Crippen molar-refractivity contribution in [2.75, 3.05) is 11.6 Å². The van der Waals surface area contributed by atoms with E-state index in [0.29, 0.717) is 9.61 Å². The third-order valence-corrected chi connectivity index (χ3v) is 5.52. The van der Waals surface area contributed by atoms with Gasteiger partial charge in [-0.25, -0.2) is 0 Å². The van der Waals surface area contributed by atoms with Gasteiger partial charge in [0.2, 0.25) is 0 Å². The normalized spacial score (nSPS) is 23.1. The van der Waals surface area contributed by atoms with Crippen molar-refractivity contribution in [3.63, 3.8) is 0 Å². The van der Waals surface area contributed by atoms with Crippen molar-refractivity contribution < 1.29 is 4.92 Å². The van der Waals surface area contributed by atoms with Crippen LogP contribution in [-0.2, 0) is 0 Å². The number of nitro benzene ring substituents is 1. The highest BCUT2D eigenvalue weighted by atomic mass is 127. The molecule has 0 heterocycles. The Morgan fingerprint density at radius 3 is 2.58 bits per heavy atom. The van der Waals surface area contributed by atoms with Crippen LogP contribution in [0.4, 0.5) is 11.4 Å². The fraction of sp³-hybridized carbons (Fsp3) is 0.538. The highest BCUT2D eigenvalue weighted by Crippen LogP contribution is 2.30. The summed E-state index contributed by atoms with van der Waals surface area (Å²) in [4.78, 5) is 10.4. The maximum Gasteiger partial charge on any atom is 0.282 e. The number of anilines is 1. The van der Waals surface area contributed by atoms with E-state index in [1.54, 1.807) is 12.1 Å². The van der Waals surface area contributed by atoms with Gasteiger partial charge in [0.25, 0.3) is 5.69 Å². The number of nitrogens with zero attached hydrogens (tertiary/aromatic N) is 1. The molecular formula is C13H17IN2O2S.